The summed E-state index contributed by atoms with van der Waals surface area (Å²) >= 11 is 0. The van der Waals surface area contributed by atoms with E-state index in [0.717, 1.165) is 22.2 Å². The molecule has 29 heavy (non-hydrogen) atoms. The monoisotopic (exact) mass is 465 g/mol. The molecule has 3 rings (SSSR count). The van der Waals surface area contributed by atoms with Crippen LogP contribution in [0.1, 0.15) is 0 Å². The summed E-state index contributed by atoms with van der Waals surface area (Å²) in [5.41, 5.74) is 2.38. The molecule has 0 aliphatic carbocycles. The number of rotatable bonds is 5. The number of hydrogen-bond acceptors (Lipinski definition) is 9. The highest BCUT2D eigenvalue weighted by Crippen LogP contribution is 2.35. The Labute approximate surface area is 166 Å². The number of nitrogens with zero attached hydrogens (tertiary/aromatic N) is 2. The van der Waals surface area contributed by atoms with Crippen LogP contribution >= 0.6 is 0 Å². The van der Waals surface area contributed by atoms with Crippen LogP contribution in [-0.4, -0.2) is 56.3 Å². The van der Waals surface area contributed by atoms with Crippen molar-refractivity contribution in [3.63, 3.8) is 0 Å². The van der Waals surface area contributed by atoms with Crippen molar-refractivity contribution in [1.29, 1.82) is 0 Å². The van der Waals surface area contributed by atoms with E-state index in [2.05, 4.69) is 5.53 Å². The molecule has 1 heterocycles. The van der Waals surface area contributed by atoms with Gasteiger partial charge < -0.3 is 0 Å². The van der Waals surface area contributed by atoms with Gasteiger partial charge in [0.2, 0.25) is 0 Å². The molecule has 12 nitrogen and oxygen atoms in total. The first-order valence-corrected chi connectivity index (χ1v) is 12.2. The smallest absolute Gasteiger partial charge is 0.285 e. The first-order chi connectivity index (χ1) is 13.3. The number of anilines is 1. The van der Waals surface area contributed by atoms with Crippen LogP contribution in [0, 0.1) is 0 Å². The molecular formula is C14H15N3O9S3. The van der Waals surface area contributed by atoms with Crippen LogP contribution in [0.5, 0.6) is 0 Å². The van der Waals surface area contributed by atoms with Crippen LogP contribution in [-0.2, 0) is 30.4 Å². The molecule has 2 aromatic carbocycles. The topological polar surface area (TPSA) is 182 Å². The molecule has 0 saturated heterocycles. The van der Waals surface area contributed by atoms with Gasteiger partial charge in [0.15, 0.2) is 0 Å². The summed E-state index contributed by atoms with van der Waals surface area (Å²) in [6, 6.07) is 5.88. The lowest BCUT2D eigenvalue weighted by Crippen LogP contribution is -2.52. The first-order valence-electron chi connectivity index (χ1n) is 7.70. The zero-order chi connectivity index (χ0) is 21.6. The third kappa shape index (κ3) is 4.73. The summed E-state index contributed by atoms with van der Waals surface area (Å²) in [4.78, 5) is -1.23. The number of hydrogen-bond donors (Lipinski definition) is 4. The standard InChI is InChI=1S/C14H15N3O9S3/c18-27(19,20)9-16-7-2-8-17(15-16)12-6-5-10-11(14(12)29(24,25)26)3-1-4-13(10)28(21,22)23/h1-6,8,15H,7,9H2,(H,18,19,20)(H,21,22,23)(H,24,25,26). The number of hydrazine groups is 2. The van der Waals surface area contributed by atoms with Crippen LogP contribution in [0.4, 0.5) is 5.69 Å². The second kappa shape index (κ2) is 7.29. The molecule has 0 fully saturated rings. The minimum Gasteiger partial charge on any atom is -0.285 e. The highest BCUT2D eigenvalue weighted by molar-refractivity contribution is 7.86. The average Bonchev–Trinajstić information content (AvgIpc) is 2.57. The fraction of sp³-hybridized carbons (Fsp3) is 0.143. The first kappa shape index (κ1) is 21.6. The Bertz CT molecular complexity index is 1320. The van der Waals surface area contributed by atoms with Crippen molar-refractivity contribution in [2.75, 3.05) is 17.4 Å². The van der Waals surface area contributed by atoms with Crippen LogP contribution in [0.15, 0.2) is 52.4 Å². The Balaban J connectivity index is 2.22. The van der Waals surface area contributed by atoms with Gasteiger partial charge in [0.25, 0.3) is 30.4 Å². The molecule has 1 aliphatic rings. The molecule has 4 N–H and O–H groups in total. The minimum atomic E-state index is -4.90. The number of fused-ring (bicyclic) bond motifs is 1. The van der Waals surface area contributed by atoms with E-state index >= 15 is 0 Å². The molecular weight excluding hydrogens is 450 g/mol. The van der Waals surface area contributed by atoms with Gasteiger partial charge in [-0.2, -0.15) is 30.8 Å². The van der Waals surface area contributed by atoms with E-state index in [4.69, 9.17) is 4.55 Å². The van der Waals surface area contributed by atoms with Gasteiger partial charge in [0.05, 0.1) is 5.69 Å². The quantitative estimate of drug-likeness (QED) is 0.442. The predicted octanol–water partition coefficient (Wildman–Crippen LogP) is 0.234. The van der Waals surface area contributed by atoms with E-state index in [0.29, 0.717) is 0 Å². The van der Waals surface area contributed by atoms with Gasteiger partial charge in [-0.25, -0.2) is 5.01 Å². The Morgan fingerprint density at radius 2 is 1.59 bits per heavy atom. The van der Waals surface area contributed by atoms with Gasteiger partial charge in [-0.15, -0.1) is 0 Å². The molecule has 0 spiro atoms. The summed E-state index contributed by atoms with van der Waals surface area (Å²) in [7, 11) is -14.0. The van der Waals surface area contributed by atoms with Gasteiger partial charge in [0, 0.05) is 23.5 Å². The average molecular weight is 465 g/mol. The number of nitrogens with one attached hydrogen (secondary N) is 1. The molecule has 0 radical (unpaired) electrons. The van der Waals surface area contributed by atoms with Crippen molar-refractivity contribution >= 4 is 46.8 Å². The fourth-order valence-corrected chi connectivity index (χ4v) is 5.04. The Kier molecular flexibility index (Phi) is 5.43. The molecule has 0 saturated carbocycles. The van der Waals surface area contributed by atoms with E-state index in [1.807, 2.05) is 0 Å². The lowest BCUT2D eigenvalue weighted by Gasteiger charge is -2.33. The van der Waals surface area contributed by atoms with E-state index in [9.17, 15) is 34.4 Å². The molecule has 0 unspecified atom stereocenters. The van der Waals surface area contributed by atoms with Gasteiger partial charge in [-0.3, -0.25) is 18.7 Å². The second-order valence-corrected chi connectivity index (χ2v) is 10.2. The molecule has 0 amide bonds. The zero-order valence-electron chi connectivity index (χ0n) is 14.4. The maximum atomic E-state index is 12.1. The molecule has 0 bridgehead atoms. The normalized spacial score (nSPS) is 16.4. The summed E-state index contributed by atoms with van der Waals surface area (Å²) in [6.07, 6.45) is 2.80. The lowest BCUT2D eigenvalue weighted by atomic mass is 10.1. The highest BCUT2D eigenvalue weighted by atomic mass is 32.2. The van der Waals surface area contributed by atoms with Crippen molar-refractivity contribution in [2.45, 2.75) is 9.79 Å². The predicted molar refractivity (Wildman–Crippen MR) is 101 cm³/mol. The fourth-order valence-electron chi connectivity index (χ4n) is 2.89. The summed E-state index contributed by atoms with van der Waals surface area (Å²) in [5, 5.41) is 1.77. The van der Waals surface area contributed by atoms with E-state index in [1.165, 1.54) is 30.5 Å². The minimum absolute atomic E-state index is 0.0536. The van der Waals surface area contributed by atoms with Crippen molar-refractivity contribution in [3.05, 3.63) is 42.6 Å². The lowest BCUT2D eigenvalue weighted by molar-refractivity contribution is 0.226. The van der Waals surface area contributed by atoms with Crippen LogP contribution in [0.2, 0.25) is 0 Å². The van der Waals surface area contributed by atoms with Crippen LogP contribution < -0.4 is 10.5 Å². The third-order valence-corrected chi connectivity index (χ3v) is 6.39. The van der Waals surface area contributed by atoms with E-state index in [-0.39, 0.29) is 23.0 Å². The molecule has 15 heteroatoms. The summed E-state index contributed by atoms with van der Waals surface area (Å²) < 4.78 is 97.7. The van der Waals surface area contributed by atoms with Gasteiger partial charge in [-0.1, -0.05) is 24.3 Å². The Hall–Kier alpha value is -2.11. The highest BCUT2D eigenvalue weighted by Gasteiger charge is 2.27. The van der Waals surface area contributed by atoms with Crippen LogP contribution in [0.3, 0.4) is 0 Å². The van der Waals surface area contributed by atoms with Crippen molar-refractivity contribution < 1.29 is 38.9 Å². The third-order valence-electron chi connectivity index (χ3n) is 3.90. The van der Waals surface area contributed by atoms with Crippen molar-refractivity contribution in [3.8, 4) is 0 Å². The molecule has 1 aliphatic heterocycles. The molecule has 0 aromatic heterocycles. The molecule has 0 atom stereocenters. The maximum absolute atomic E-state index is 12.1. The van der Waals surface area contributed by atoms with Gasteiger partial charge >= 0.3 is 0 Å². The summed E-state index contributed by atoms with van der Waals surface area (Å²) in [6.45, 7) is 0.0536. The largest absolute Gasteiger partial charge is 0.297 e. The van der Waals surface area contributed by atoms with Crippen molar-refractivity contribution in [2.24, 2.45) is 0 Å². The summed E-state index contributed by atoms with van der Waals surface area (Å²) in [5.74, 6) is -0.810. The maximum Gasteiger partial charge on any atom is 0.297 e. The van der Waals surface area contributed by atoms with Crippen molar-refractivity contribution in [1.82, 2.24) is 10.5 Å². The second-order valence-electron chi connectivity index (χ2n) is 6.00. The molecule has 2 aromatic rings. The van der Waals surface area contributed by atoms with Gasteiger partial charge in [0.1, 0.15) is 15.7 Å². The Morgan fingerprint density at radius 3 is 2.17 bits per heavy atom. The number of benzene rings is 2. The Morgan fingerprint density at radius 1 is 0.897 bits per heavy atom. The van der Waals surface area contributed by atoms with Crippen LogP contribution in [0.25, 0.3) is 10.8 Å². The SMILES string of the molecule is O=S(=O)(O)CN1CC=CN(c2ccc3c(S(=O)(=O)O)cccc3c2S(=O)(=O)O)N1. The zero-order valence-corrected chi connectivity index (χ0v) is 16.8. The molecule has 158 valence electrons. The van der Waals surface area contributed by atoms with Gasteiger partial charge in [-0.05, 0) is 12.1 Å². The van der Waals surface area contributed by atoms with E-state index in [1.54, 1.807) is 0 Å². The van der Waals surface area contributed by atoms with E-state index < -0.39 is 46.0 Å².